The van der Waals surface area contributed by atoms with Gasteiger partial charge in [0.25, 0.3) is 0 Å². The van der Waals surface area contributed by atoms with Gasteiger partial charge in [-0.1, -0.05) is 123 Å². The zero-order chi connectivity index (χ0) is 21.4. The van der Waals surface area contributed by atoms with Crippen LogP contribution in [0.3, 0.4) is 0 Å². The summed E-state index contributed by atoms with van der Waals surface area (Å²) >= 11 is 0. The van der Waals surface area contributed by atoms with E-state index >= 15 is 0 Å². The molecular weight excluding hydrogens is 366 g/mol. The minimum Gasteiger partial charge on any atom is -0.289 e. The van der Waals surface area contributed by atoms with Crippen molar-refractivity contribution in [1.29, 1.82) is 0 Å². The van der Waals surface area contributed by atoms with Crippen LogP contribution in [0.15, 0.2) is 126 Å². The van der Waals surface area contributed by atoms with Crippen LogP contribution >= 0.6 is 0 Å². The Morgan fingerprint density at radius 3 is 1.37 bits per heavy atom. The molecule has 4 rings (SSSR count). The van der Waals surface area contributed by atoms with Gasteiger partial charge in [0, 0.05) is 17.3 Å². The molecule has 150 valence electrons. The lowest BCUT2D eigenvalue weighted by atomic mass is 10.0. The third kappa shape index (κ3) is 7.69. The van der Waals surface area contributed by atoms with Crippen LogP contribution in [0.5, 0.6) is 0 Å². The maximum atomic E-state index is 11.8. The minimum absolute atomic E-state index is 0.0752. The molecule has 4 aromatic carbocycles. The van der Waals surface area contributed by atoms with Crippen molar-refractivity contribution in [3.8, 4) is 0 Å². The van der Waals surface area contributed by atoms with Gasteiger partial charge >= 0.3 is 0 Å². The average Bonchev–Trinajstić information content (AvgIpc) is 2.86. The summed E-state index contributed by atoms with van der Waals surface area (Å²) < 4.78 is 0. The minimum atomic E-state index is 0.0752. The fourth-order valence-electron chi connectivity index (χ4n) is 2.55. The number of hydrogen-bond donors (Lipinski definition) is 0. The second kappa shape index (κ2) is 13.4. The normalized spacial score (nSPS) is 9.67. The molecule has 0 atom stereocenters. The first kappa shape index (κ1) is 22.5. The molecule has 2 heteroatoms. The fourth-order valence-corrected chi connectivity index (χ4v) is 2.55. The fraction of sp³-hybridized carbons (Fsp3) is 0.0714. The number of benzene rings is 4. The van der Waals surface area contributed by atoms with Crippen molar-refractivity contribution in [3.63, 3.8) is 0 Å². The molecule has 0 heterocycles. The molecule has 0 unspecified atom stereocenters. The predicted octanol–water partition coefficient (Wildman–Crippen LogP) is 7.38. The molecule has 0 saturated carbocycles. The van der Waals surface area contributed by atoms with E-state index in [4.69, 9.17) is 0 Å². The van der Waals surface area contributed by atoms with Crippen molar-refractivity contribution in [2.24, 2.45) is 4.99 Å². The van der Waals surface area contributed by atoms with E-state index in [1.165, 1.54) is 0 Å². The van der Waals surface area contributed by atoms with Crippen molar-refractivity contribution in [2.75, 3.05) is 0 Å². The summed E-state index contributed by atoms with van der Waals surface area (Å²) in [6.45, 7) is 4.00. The van der Waals surface area contributed by atoms with Crippen molar-refractivity contribution in [3.05, 3.63) is 138 Å². The van der Waals surface area contributed by atoms with E-state index in [-0.39, 0.29) is 5.78 Å². The number of hydrogen-bond acceptors (Lipinski definition) is 2. The van der Waals surface area contributed by atoms with Crippen molar-refractivity contribution < 1.29 is 4.79 Å². The Morgan fingerprint density at radius 1 is 0.567 bits per heavy atom. The maximum Gasteiger partial charge on any atom is 0.193 e. The molecule has 0 saturated heterocycles. The first-order valence-corrected chi connectivity index (χ1v) is 10.1. The molecule has 0 bridgehead atoms. The molecule has 0 N–H and O–H groups in total. The average molecular weight is 394 g/mol. The Labute approximate surface area is 179 Å². The molecule has 0 spiro atoms. The molecule has 30 heavy (non-hydrogen) atoms. The summed E-state index contributed by atoms with van der Waals surface area (Å²) in [5, 5.41) is 0. The number of rotatable bonds is 4. The molecule has 2 nitrogen and oxygen atoms in total. The summed E-state index contributed by atoms with van der Waals surface area (Å²) in [4.78, 5) is 16.2. The Balaban J connectivity index is 0.000000197. The number of ketones is 1. The highest BCUT2D eigenvalue weighted by molar-refractivity contribution is 6.08. The van der Waals surface area contributed by atoms with Crippen LogP contribution in [0.4, 0.5) is 5.69 Å². The number of aliphatic imine (C=N–C) groups is 1. The van der Waals surface area contributed by atoms with Gasteiger partial charge in [-0.2, -0.15) is 0 Å². The molecule has 0 aliphatic heterocycles. The number of carbonyl (C=O) groups excluding carboxylic acids is 1. The summed E-state index contributed by atoms with van der Waals surface area (Å²) in [6.07, 6.45) is 1.87. The lowest BCUT2D eigenvalue weighted by Crippen LogP contribution is -1.99. The third-order valence-corrected chi connectivity index (χ3v) is 3.99. The van der Waals surface area contributed by atoms with Crippen LogP contribution < -0.4 is 0 Å². The van der Waals surface area contributed by atoms with E-state index < -0.39 is 0 Å². The van der Waals surface area contributed by atoms with E-state index in [1.807, 2.05) is 141 Å². The summed E-state index contributed by atoms with van der Waals surface area (Å²) in [5.41, 5.74) is 3.57. The van der Waals surface area contributed by atoms with Crippen LogP contribution in [0.1, 0.15) is 35.3 Å². The van der Waals surface area contributed by atoms with Gasteiger partial charge in [-0.3, -0.25) is 9.79 Å². The maximum absolute atomic E-state index is 11.8. The van der Waals surface area contributed by atoms with Crippen LogP contribution in [0.2, 0.25) is 0 Å². The Bertz CT molecular complexity index is 912. The second-order valence-electron chi connectivity index (χ2n) is 6.07. The third-order valence-electron chi connectivity index (χ3n) is 3.99. The number of carbonyl (C=O) groups is 1. The lowest BCUT2D eigenvalue weighted by molar-refractivity contribution is 0.103. The highest BCUT2D eigenvalue weighted by Crippen LogP contribution is 2.10. The molecular formula is C28H27NO. The topological polar surface area (TPSA) is 29.4 Å². The van der Waals surface area contributed by atoms with E-state index in [9.17, 15) is 4.79 Å². The molecule has 4 aromatic rings. The molecule has 0 aliphatic rings. The molecule has 0 aromatic heterocycles. The van der Waals surface area contributed by atoms with Gasteiger partial charge in [-0.15, -0.1) is 0 Å². The number of nitrogens with zero attached hydrogens (tertiary/aromatic N) is 1. The van der Waals surface area contributed by atoms with Gasteiger partial charge < -0.3 is 0 Å². The molecule has 0 radical (unpaired) electrons. The van der Waals surface area contributed by atoms with Crippen LogP contribution in [-0.4, -0.2) is 12.0 Å². The van der Waals surface area contributed by atoms with E-state index in [0.717, 1.165) is 22.4 Å². The quantitative estimate of drug-likeness (QED) is 0.263. The Morgan fingerprint density at radius 2 is 0.933 bits per heavy atom. The van der Waals surface area contributed by atoms with Gasteiger partial charge in [0.1, 0.15) is 0 Å². The summed E-state index contributed by atoms with van der Waals surface area (Å²) in [6, 6.07) is 38.6. The first-order chi connectivity index (χ1) is 14.8. The van der Waals surface area contributed by atoms with Crippen molar-refractivity contribution >= 4 is 17.7 Å². The SMILES string of the molecule is C(=Nc1ccccc1)c1ccccc1.CC.O=C(c1ccccc1)c1ccccc1. The smallest absolute Gasteiger partial charge is 0.193 e. The van der Waals surface area contributed by atoms with Crippen LogP contribution in [0, 0.1) is 0 Å². The van der Waals surface area contributed by atoms with E-state index in [2.05, 4.69) is 4.99 Å². The van der Waals surface area contributed by atoms with Gasteiger partial charge in [-0.25, -0.2) is 0 Å². The summed E-state index contributed by atoms with van der Waals surface area (Å²) in [5.74, 6) is 0.0752. The first-order valence-electron chi connectivity index (χ1n) is 10.1. The largest absolute Gasteiger partial charge is 0.289 e. The zero-order valence-electron chi connectivity index (χ0n) is 17.5. The second-order valence-corrected chi connectivity index (χ2v) is 6.07. The highest BCUT2D eigenvalue weighted by Gasteiger charge is 2.06. The van der Waals surface area contributed by atoms with Crippen LogP contribution in [0.25, 0.3) is 0 Å². The monoisotopic (exact) mass is 393 g/mol. The zero-order valence-corrected chi connectivity index (χ0v) is 17.5. The van der Waals surface area contributed by atoms with Gasteiger partial charge in [0.2, 0.25) is 0 Å². The van der Waals surface area contributed by atoms with E-state index in [0.29, 0.717) is 0 Å². The lowest BCUT2D eigenvalue weighted by Gasteiger charge is -1.99. The summed E-state index contributed by atoms with van der Waals surface area (Å²) in [7, 11) is 0. The molecule has 0 amide bonds. The standard InChI is InChI=1S/C13H11N.C13H10O.C2H6/c1-3-7-12(8-4-1)11-14-13-9-5-2-6-10-13;14-13(11-7-3-1-4-8-11)12-9-5-2-6-10-12;1-2/h1-11H;1-10H;1-2H3. The Kier molecular flexibility index (Phi) is 10.1. The van der Waals surface area contributed by atoms with Gasteiger partial charge in [0.05, 0.1) is 5.69 Å². The van der Waals surface area contributed by atoms with Crippen molar-refractivity contribution in [2.45, 2.75) is 13.8 Å². The van der Waals surface area contributed by atoms with Crippen molar-refractivity contribution in [1.82, 2.24) is 0 Å². The molecule has 0 aliphatic carbocycles. The van der Waals surface area contributed by atoms with E-state index in [1.54, 1.807) is 0 Å². The predicted molar refractivity (Wildman–Crippen MR) is 128 cm³/mol. The van der Waals surface area contributed by atoms with Crippen LogP contribution in [-0.2, 0) is 0 Å². The van der Waals surface area contributed by atoms with Gasteiger partial charge in [0.15, 0.2) is 5.78 Å². The molecule has 0 fully saturated rings. The highest BCUT2D eigenvalue weighted by atomic mass is 16.1. The van der Waals surface area contributed by atoms with Gasteiger partial charge in [-0.05, 0) is 17.7 Å². The Hall–Kier alpha value is -3.78. The number of para-hydroxylation sites is 1.